The SMILES string of the molecule is CCOC(=O)c1cn2c(Br)c(Cl)ccc2n1. The first-order valence-corrected chi connectivity index (χ1v) is 5.80. The molecule has 0 atom stereocenters. The van der Waals surface area contributed by atoms with Gasteiger partial charge in [-0.2, -0.15) is 0 Å². The molecule has 0 aliphatic rings. The van der Waals surface area contributed by atoms with Crippen LogP contribution in [0.2, 0.25) is 5.02 Å². The third kappa shape index (κ3) is 1.92. The van der Waals surface area contributed by atoms with Crippen molar-refractivity contribution < 1.29 is 9.53 Å². The highest BCUT2D eigenvalue weighted by molar-refractivity contribution is 9.10. The molecule has 0 saturated carbocycles. The number of aromatic nitrogens is 2. The van der Waals surface area contributed by atoms with Crippen LogP contribution in [0.5, 0.6) is 0 Å². The molecule has 0 saturated heterocycles. The number of imidazole rings is 1. The zero-order chi connectivity index (χ0) is 11.7. The van der Waals surface area contributed by atoms with Gasteiger partial charge in [0.25, 0.3) is 0 Å². The highest BCUT2D eigenvalue weighted by atomic mass is 79.9. The normalized spacial score (nSPS) is 10.7. The molecule has 0 aromatic carbocycles. The summed E-state index contributed by atoms with van der Waals surface area (Å²) in [5.41, 5.74) is 0.907. The number of pyridine rings is 1. The van der Waals surface area contributed by atoms with Gasteiger partial charge in [0.2, 0.25) is 0 Å². The molecule has 84 valence electrons. The standard InChI is InChI=1S/C10H8BrClN2O2/c1-2-16-10(15)7-5-14-8(13-7)4-3-6(12)9(14)11/h3-5H,2H2,1H3. The molecule has 0 fully saturated rings. The van der Waals surface area contributed by atoms with Crippen LogP contribution in [-0.2, 0) is 4.74 Å². The summed E-state index contributed by atoms with van der Waals surface area (Å²) in [6.45, 7) is 2.08. The van der Waals surface area contributed by atoms with Gasteiger partial charge in [-0.15, -0.1) is 0 Å². The number of carbonyl (C=O) groups excluding carboxylic acids is 1. The number of halogens is 2. The Morgan fingerprint density at radius 1 is 1.62 bits per heavy atom. The Balaban J connectivity index is 2.52. The number of esters is 1. The van der Waals surface area contributed by atoms with Crippen LogP contribution in [0.15, 0.2) is 22.9 Å². The molecular weight excluding hydrogens is 295 g/mol. The van der Waals surface area contributed by atoms with Crippen LogP contribution in [0.1, 0.15) is 17.4 Å². The van der Waals surface area contributed by atoms with Crippen LogP contribution in [0.25, 0.3) is 5.65 Å². The third-order valence-electron chi connectivity index (χ3n) is 2.01. The molecule has 6 heteroatoms. The molecule has 0 amide bonds. The van der Waals surface area contributed by atoms with Crippen LogP contribution in [0.4, 0.5) is 0 Å². The van der Waals surface area contributed by atoms with Crippen LogP contribution < -0.4 is 0 Å². The lowest BCUT2D eigenvalue weighted by molar-refractivity contribution is 0.0520. The number of ether oxygens (including phenoxy) is 1. The Morgan fingerprint density at radius 3 is 3.06 bits per heavy atom. The second kappa shape index (κ2) is 4.43. The largest absolute Gasteiger partial charge is 0.461 e. The highest BCUT2D eigenvalue weighted by Gasteiger charge is 2.13. The lowest BCUT2D eigenvalue weighted by Gasteiger charge is -1.98. The van der Waals surface area contributed by atoms with E-state index in [-0.39, 0.29) is 5.69 Å². The van der Waals surface area contributed by atoms with Crippen molar-refractivity contribution in [1.29, 1.82) is 0 Å². The van der Waals surface area contributed by atoms with Gasteiger partial charge < -0.3 is 4.74 Å². The molecular formula is C10H8BrClN2O2. The average Bonchev–Trinajstić information content (AvgIpc) is 2.69. The van der Waals surface area contributed by atoms with E-state index in [2.05, 4.69) is 20.9 Å². The third-order valence-corrected chi connectivity index (χ3v) is 3.35. The summed E-state index contributed by atoms with van der Waals surface area (Å²) < 4.78 is 7.22. The molecule has 0 spiro atoms. The molecule has 2 rings (SSSR count). The van der Waals surface area contributed by atoms with Gasteiger partial charge in [-0.05, 0) is 35.0 Å². The first-order valence-electron chi connectivity index (χ1n) is 4.63. The van der Waals surface area contributed by atoms with Crippen molar-refractivity contribution in [3.05, 3.63) is 33.6 Å². The molecule has 16 heavy (non-hydrogen) atoms. The maximum absolute atomic E-state index is 11.5. The summed E-state index contributed by atoms with van der Waals surface area (Å²) in [7, 11) is 0. The van der Waals surface area contributed by atoms with E-state index in [4.69, 9.17) is 16.3 Å². The second-order valence-electron chi connectivity index (χ2n) is 3.05. The molecule has 0 N–H and O–H groups in total. The predicted octanol–water partition coefficient (Wildman–Crippen LogP) is 2.93. The zero-order valence-electron chi connectivity index (χ0n) is 8.41. The lowest BCUT2D eigenvalue weighted by Crippen LogP contribution is -2.04. The molecule has 0 aliphatic carbocycles. The fourth-order valence-corrected chi connectivity index (χ4v) is 1.87. The van der Waals surface area contributed by atoms with Gasteiger partial charge in [0.15, 0.2) is 5.69 Å². The van der Waals surface area contributed by atoms with Gasteiger partial charge in [0.1, 0.15) is 10.3 Å². The average molecular weight is 304 g/mol. The smallest absolute Gasteiger partial charge is 0.358 e. The maximum Gasteiger partial charge on any atom is 0.358 e. The van der Waals surface area contributed by atoms with Crippen molar-refractivity contribution >= 4 is 39.1 Å². The number of fused-ring (bicyclic) bond motifs is 1. The van der Waals surface area contributed by atoms with Gasteiger partial charge in [0, 0.05) is 6.20 Å². The summed E-state index contributed by atoms with van der Waals surface area (Å²) in [5, 5.41) is 0.556. The first kappa shape index (κ1) is 11.4. The number of hydrogen-bond acceptors (Lipinski definition) is 3. The van der Waals surface area contributed by atoms with E-state index < -0.39 is 5.97 Å². The quantitative estimate of drug-likeness (QED) is 0.633. The van der Waals surface area contributed by atoms with E-state index in [0.717, 1.165) is 0 Å². The van der Waals surface area contributed by atoms with Crippen molar-refractivity contribution in [3.63, 3.8) is 0 Å². The van der Waals surface area contributed by atoms with Crippen LogP contribution >= 0.6 is 27.5 Å². The molecule has 0 aliphatic heterocycles. The minimum absolute atomic E-state index is 0.268. The van der Waals surface area contributed by atoms with Crippen LogP contribution in [-0.4, -0.2) is 22.0 Å². The minimum atomic E-state index is -0.436. The monoisotopic (exact) mass is 302 g/mol. The van der Waals surface area contributed by atoms with Crippen LogP contribution in [0, 0.1) is 0 Å². The fourth-order valence-electron chi connectivity index (χ4n) is 1.30. The first-order chi connectivity index (χ1) is 7.63. The number of carbonyl (C=O) groups is 1. The van der Waals surface area contributed by atoms with Crippen molar-refractivity contribution in [2.75, 3.05) is 6.61 Å². The highest BCUT2D eigenvalue weighted by Crippen LogP contribution is 2.23. The predicted molar refractivity (Wildman–Crippen MR) is 63.9 cm³/mol. The van der Waals surface area contributed by atoms with Crippen molar-refractivity contribution in [3.8, 4) is 0 Å². The molecule has 4 nitrogen and oxygen atoms in total. The number of nitrogens with zero attached hydrogens (tertiary/aromatic N) is 2. The second-order valence-corrected chi connectivity index (χ2v) is 4.21. The van der Waals surface area contributed by atoms with E-state index in [1.54, 1.807) is 29.7 Å². The van der Waals surface area contributed by atoms with Crippen molar-refractivity contribution in [2.24, 2.45) is 0 Å². The molecule has 2 aromatic heterocycles. The summed E-state index contributed by atoms with van der Waals surface area (Å²) in [4.78, 5) is 15.6. The van der Waals surface area contributed by atoms with Crippen molar-refractivity contribution in [1.82, 2.24) is 9.38 Å². The van der Waals surface area contributed by atoms with Gasteiger partial charge >= 0.3 is 5.97 Å². The topological polar surface area (TPSA) is 43.6 Å². The van der Waals surface area contributed by atoms with Gasteiger partial charge in [0.05, 0.1) is 11.6 Å². The summed E-state index contributed by atoms with van der Waals surface area (Å²) in [6, 6.07) is 3.44. The molecule has 0 radical (unpaired) electrons. The van der Waals surface area contributed by atoms with E-state index in [1.165, 1.54) is 0 Å². The Labute approximate surface area is 105 Å². The Kier molecular flexibility index (Phi) is 3.16. The Bertz CT molecular complexity index is 553. The number of hydrogen-bond donors (Lipinski definition) is 0. The van der Waals surface area contributed by atoms with Gasteiger partial charge in [-0.3, -0.25) is 4.40 Å². The van der Waals surface area contributed by atoms with E-state index >= 15 is 0 Å². The summed E-state index contributed by atoms with van der Waals surface area (Å²) >= 11 is 9.25. The van der Waals surface area contributed by atoms with E-state index in [9.17, 15) is 4.79 Å². The number of rotatable bonds is 2. The van der Waals surface area contributed by atoms with Gasteiger partial charge in [-0.25, -0.2) is 9.78 Å². The van der Waals surface area contributed by atoms with Gasteiger partial charge in [-0.1, -0.05) is 11.6 Å². The Morgan fingerprint density at radius 2 is 2.38 bits per heavy atom. The maximum atomic E-state index is 11.5. The molecule has 2 heterocycles. The summed E-state index contributed by atoms with van der Waals surface area (Å²) in [6.07, 6.45) is 1.59. The zero-order valence-corrected chi connectivity index (χ0v) is 10.7. The fraction of sp³-hybridized carbons (Fsp3) is 0.200. The molecule has 2 aromatic rings. The van der Waals surface area contributed by atoms with Crippen LogP contribution in [0.3, 0.4) is 0 Å². The van der Waals surface area contributed by atoms with E-state index in [1.807, 2.05) is 0 Å². The van der Waals surface area contributed by atoms with Crippen molar-refractivity contribution in [2.45, 2.75) is 6.92 Å². The molecule has 0 unspecified atom stereocenters. The summed E-state index contributed by atoms with van der Waals surface area (Å²) in [5.74, 6) is -0.436. The minimum Gasteiger partial charge on any atom is -0.461 e. The lowest BCUT2D eigenvalue weighted by atomic mass is 10.5. The Hall–Kier alpha value is -1.07. The molecule has 0 bridgehead atoms. The van der Waals surface area contributed by atoms with E-state index in [0.29, 0.717) is 21.9 Å².